The number of allylic oxidation sites excluding steroid dienone is 2. The van der Waals surface area contributed by atoms with Gasteiger partial charge in [-0.1, -0.05) is 23.8 Å². The second kappa shape index (κ2) is 8.57. The highest BCUT2D eigenvalue weighted by Gasteiger charge is 2.18. The van der Waals surface area contributed by atoms with Gasteiger partial charge >= 0.3 is 0 Å². The van der Waals surface area contributed by atoms with Crippen molar-refractivity contribution in [3.8, 4) is 0 Å². The second-order valence-corrected chi connectivity index (χ2v) is 10.4. The van der Waals surface area contributed by atoms with Crippen LogP contribution in [0, 0.1) is 0 Å². The van der Waals surface area contributed by atoms with E-state index in [2.05, 4.69) is 10.3 Å². The van der Waals surface area contributed by atoms with Gasteiger partial charge in [0, 0.05) is 11.8 Å². The molecule has 7 heteroatoms. The third kappa shape index (κ3) is 5.86. The summed E-state index contributed by atoms with van der Waals surface area (Å²) in [7, 11) is -3.41. The van der Waals surface area contributed by atoms with Crippen molar-refractivity contribution in [3.05, 3.63) is 47.2 Å². The zero-order valence-corrected chi connectivity index (χ0v) is 17.3. The van der Waals surface area contributed by atoms with Gasteiger partial charge in [0.2, 0.25) is 7.01 Å². The number of benzene rings is 1. The summed E-state index contributed by atoms with van der Waals surface area (Å²) in [4.78, 5) is 16.7. The summed E-state index contributed by atoms with van der Waals surface area (Å²) in [5, 5.41) is 2.70. The van der Waals surface area contributed by atoms with Gasteiger partial charge in [-0.2, -0.15) is 0 Å². The van der Waals surface area contributed by atoms with Gasteiger partial charge in [0.25, 0.3) is 5.91 Å². The summed E-state index contributed by atoms with van der Waals surface area (Å²) < 4.78 is 23.8. The second-order valence-electron chi connectivity index (χ2n) is 5.56. The first-order valence-corrected chi connectivity index (χ1v) is 11.3. The van der Waals surface area contributed by atoms with Crippen LogP contribution in [-0.4, -0.2) is 20.2 Å². The number of rotatable bonds is 4. The van der Waals surface area contributed by atoms with Gasteiger partial charge < -0.3 is 5.32 Å². The number of hydrogen-bond donors (Lipinski definition) is 1. The van der Waals surface area contributed by atoms with Crippen LogP contribution < -0.4 is 5.32 Å². The third-order valence-electron chi connectivity index (χ3n) is 3.27. The molecule has 0 spiro atoms. The smallest absolute Gasteiger partial charge is 0.252 e. The molecule has 0 saturated heterocycles. The highest BCUT2D eigenvalue weighted by Crippen LogP contribution is 2.28. The number of amides is 1. The average molecular weight is 460 g/mol. The van der Waals surface area contributed by atoms with Gasteiger partial charge in [-0.25, -0.2) is 13.4 Å². The fraction of sp³-hybridized carbons (Fsp3) is 0.294. The lowest BCUT2D eigenvalue weighted by molar-refractivity contribution is -0.116. The summed E-state index contributed by atoms with van der Waals surface area (Å²) in [6, 6.07) is 6.64. The molecule has 0 heterocycles. The van der Waals surface area contributed by atoms with Crippen molar-refractivity contribution in [3.63, 3.8) is 0 Å². The number of nitrogens with one attached hydrogen (secondary N) is 1. The van der Waals surface area contributed by atoms with Gasteiger partial charge in [-0.15, -0.1) is 0 Å². The minimum absolute atomic E-state index is 0.199. The van der Waals surface area contributed by atoms with Crippen LogP contribution in [0.2, 0.25) is 0 Å². The van der Waals surface area contributed by atoms with Crippen LogP contribution in [-0.2, 0) is 11.8 Å². The van der Waals surface area contributed by atoms with Crippen LogP contribution >= 0.6 is 21.2 Å². The Kier molecular flexibility index (Phi) is 7.34. The molecule has 0 radical (unpaired) electrons. The highest BCUT2D eigenvalue weighted by atomic mass is 127. The quantitative estimate of drug-likeness (QED) is 0.242. The van der Waals surface area contributed by atoms with E-state index in [1.165, 1.54) is 27.3 Å². The van der Waals surface area contributed by atoms with Crippen LogP contribution in [0.5, 0.6) is 0 Å². The van der Waals surface area contributed by atoms with Crippen molar-refractivity contribution >= 4 is 45.5 Å². The van der Waals surface area contributed by atoms with Crippen molar-refractivity contribution < 1.29 is 13.2 Å². The van der Waals surface area contributed by atoms with Crippen LogP contribution in [0.1, 0.15) is 40.2 Å². The molecule has 0 bridgehead atoms. The fourth-order valence-corrected chi connectivity index (χ4v) is 3.75. The predicted molar refractivity (Wildman–Crippen MR) is 107 cm³/mol. The van der Waals surface area contributed by atoms with E-state index in [1.807, 2.05) is 13.8 Å². The molecule has 0 aliphatic carbocycles. The molecule has 0 atom stereocenters. The molecule has 0 aliphatic heterocycles. The number of carbonyl (C=O) groups is 1. The first-order valence-electron chi connectivity index (χ1n) is 7.24. The minimum atomic E-state index is -3.41. The molecule has 5 nitrogen and oxygen atoms in total. The maximum absolute atomic E-state index is 12.4. The zero-order chi connectivity index (χ0) is 18.5. The molecular weight excluding hydrogens is 439 g/mol. The molecule has 0 fully saturated rings. The number of halogens is 1. The molecule has 24 heavy (non-hydrogen) atoms. The van der Waals surface area contributed by atoms with Crippen molar-refractivity contribution in [1.29, 1.82) is 0 Å². The summed E-state index contributed by atoms with van der Waals surface area (Å²) in [6.07, 6.45) is 1.67. The van der Waals surface area contributed by atoms with Gasteiger partial charge in [-0.05, 0) is 51.8 Å². The molecule has 0 saturated carbocycles. The molecule has 1 aromatic rings. The van der Waals surface area contributed by atoms with Crippen molar-refractivity contribution in [2.24, 2.45) is 4.99 Å². The Morgan fingerprint density at radius 3 is 2.25 bits per heavy atom. The van der Waals surface area contributed by atoms with E-state index < -0.39 is 7.01 Å². The lowest BCUT2D eigenvalue weighted by Gasteiger charge is -2.11. The van der Waals surface area contributed by atoms with E-state index in [0.717, 1.165) is 5.57 Å². The zero-order valence-electron chi connectivity index (χ0n) is 14.3. The van der Waals surface area contributed by atoms with Crippen LogP contribution in [0.3, 0.4) is 0 Å². The maximum atomic E-state index is 12.4. The topological polar surface area (TPSA) is 75.6 Å². The Bertz CT molecular complexity index is 833. The van der Waals surface area contributed by atoms with Crippen LogP contribution in [0.4, 0.5) is 0 Å². The molecule has 1 aromatic carbocycles. The highest BCUT2D eigenvalue weighted by molar-refractivity contribution is 14.2. The van der Waals surface area contributed by atoms with Crippen molar-refractivity contribution in [1.82, 2.24) is 5.32 Å². The third-order valence-corrected chi connectivity index (χ3v) is 5.57. The molecule has 1 amide bonds. The molecule has 130 valence electrons. The van der Waals surface area contributed by atoms with Crippen LogP contribution in [0.15, 0.2) is 51.5 Å². The summed E-state index contributed by atoms with van der Waals surface area (Å²) in [6.45, 7) is 8.92. The predicted octanol–water partition coefficient (Wildman–Crippen LogP) is 4.06. The van der Waals surface area contributed by atoms with Crippen molar-refractivity contribution in [2.75, 3.05) is 0 Å². The molecule has 0 aromatic heterocycles. The van der Waals surface area contributed by atoms with Gasteiger partial charge in [0.1, 0.15) is 5.84 Å². The Morgan fingerprint density at radius 2 is 1.71 bits per heavy atom. The molecule has 1 N–H and O–H groups in total. The largest absolute Gasteiger partial charge is 0.311 e. The standard InChI is InChI=1S/C17H21IN2O3S/c1-11(2)10-19-14(5)20-17(21)13(4)12(3)15-8-6-7-9-16(15)24(18,22)23/h6-10H,1-5H3,(H,19,20,21)/b13-12+. The Morgan fingerprint density at radius 1 is 1.12 bits per heavy atom. The average Bonchev–Trinajstić information content (AvgIpc) is 2.50. The van der Waals surface area contributed by atoms with E-state index in [4.69, 9.17) is 0 Å². The Hall–Kier alpha value is -1.48. The lowest BCUT2D eigenvalue weighted by Crippen LogP contribution is -2.29. The first kappa shape index (κ1) is 20.6. The summed E-state index contributed by atoms with van der Waals surface area (Å²) in [5.41, 5.74) is 2.60. The van der Waals surface area contributed by atoms with E-state index >= 15 is 0 Å². The van der Waals surface area contributed by atoms with E-state index in [1.54, 1.807) is 45.2 Å². The normalized spacial score (nSPS) is 13.2. The van der Waals surface area contributed by atoms with Gasteiger partial charge in [-0.3, -0.25) is 4.79 Å². The van der Waals surface area contributed by atoms with Gasteiger partial charge in [0.15, 0.2) is 0 Å². The molecule has 0 aliphatic rings. The number of nitrogens with zero attached hydrogens (tertiary/aromatic N) is 1. The van der Waals surface area contributed by atoms with E-state index in [-0.39, 0.29) is 10.8 Å². The molecule has 0 unspecified atom stereocenters. The fourth-order valence-electron chi connectivity index (χ4n) is 1.88. The minimum Gasteiger partial charge on any atom is -0.311 e. The number of carbonyl (C=O) groups excluding carboxylic acids is 1. The SMILES string of the molecule is CC(C)=C/N=C(\C)NC(=O)/C(C)=C(\C)c1ccccc1S(=O)(=O)I. The van der Waals surface area contributed by atoms with Crippen LogP contribution in [0.25, 0.3) is 5.57 Å². The Balaban J connectivity index is 3.21. The summed E-state index contributed by atoms with van der Waals surface area (Å²) in [5.74, 6) is 0.166. The van der Waals surface area contributed by atoms with Gasteiger partial charge in [0.05, 0.1) is 26.1 Å². The monoisotopic (exact) mass is 460 g/mol. The summed E-state index contributed by atoms with van der Waals surface area (Å²) >= 11 is 1.40. The molecule has 1 rings (SSSR count). The van der Waals surface area contributed by atoms with E-state index in [9.17, 15) is 13.2 Å². The number of hydrogen-bond acceptors (Lipinski definition) is 4. The molecular formula is C17H21IN2O3S. The number of aliphatic imine (C=N–C) groups is 1. The van der Waals surface area contributed by atoms with Crippen molar-refractivity contribution in [2.45, 2.75) is 39.5 Å². The first-order chi connectivity index (χ1) is 11.0. The Labute approximate surface area is 155 Å². The maximum Gasteiger partial charge on any atom is 0.252 e. The van der Waals surface area contributed by atoms with E-state index in [0.29, 0.717) is 22.5 Å². The number of amidine groups is 1. The lowest BCUT2D eigenvalue weighted by atomic mass is 10.0.